The molecule has 0 unspecified atom stereocenters. The fourth-order valence-electron chi connectivity index (χ4n) is 3.24. The van der Waals surface area contributed by atoms with Crippen molar-refractivity contribution >= 4 is 11.6 Å². The smallest absolute Gasteiger partial charge is 0.226 e. The average Bonchev–Trinajstić information content (AvgIpc) is 3.31. The Morgan fingerprint density at radius 2 is 2.00 bits per heavy atom. The summed E-state index contributed by atoms with van der Waals surface area (Å²) in [5, 5.41) is 3.40. The third-order valence-corrected chi connectivity index (χ3v) is 4.63. The summed E-state index contributed by atoms with van der Waals surface area (Å²) in [6, 6.07) is 16.6. The van der Waals surface area contributed by atoms with Crippen molar-refractivity contribution in [2.75, 3.05) is 18.5 Å². The molecule has 0 atom stereocenters. The number of rotatable bonds is 3. The van der Waals surface area contributed by atoms with Gasteiger partial charge in [-0.1, -0.05) is 35.9 Å². The van der Waals surface area contributed by atoms with Gasteiger partial charge in [-0.3, -0.25) is 4.99 Å². The van der Waals surface area contributed by atoms with E-state index in [1.54, 1.807) is 6.26 Å². The minimum Gasteiger partial charge on any atom is -0.444 e. The van der Waals surface area contributed by atoms with Crippen LogP contribution in [0.4, 0.5) is 5.69 Å². The summed E-state index contributed by atoms with van der Waals surface area (Å²) in [6.45, 7) is 3.57. The monoisotopic (exact) mass is 346 g/mol. The lowest BCUT2D eigenvalue weighted by molar-refractivity contribution is 0.572. The number of nitrogens with one attached hydrogen (secondary N) is 1. The first kappa shape index (κ1) is 16.4. The largest absolute Gasteiger partial charge is 0.444 e. The Labute approximate surface area is 153 Å². The Morgan fingerprint density at radius 3 is 2.81 bits per heavy atom. The number of aryl methyl sites for hydroxylation is 1. The zero-order valence-corrected chi connectivity index (χ0v) is 15.1. The summed E-state index contributed by atoms with van der Waals surface area (Å²) in [5.41, 5.74) is 5.64. The van der Waals surface area contributed by atoms with E-state index in [1.807, 2.05) is 19.2 Å². The highest BCUT2D eigenvalue weighted by molar-refractivity contribution is 5.97. The number of para-hydroxylation sites is 1. The second kappa shape index (κ2) is 7.04. The van der Waals surface area contributed by atoms with Crippen LogP contribution >= 0.6 is 0 Å². The summed E-state index contributed by atoms with van der Waals surface area (Å²) < 4.78 is 5.63. The van der Waals surface area contributed by atoms with Crippen LogP contribution in [0.3, 0.4) is 0 Å². The molecule has 1 N–H and O–H groups in total. The van der Waals surface area contributed by atoms with Gasteiger partial charge in [-0.2, -0.15) is 0 Å². The molecule has 0 bridgehead atoms. The van der Waals surface area contributed by atoms with Crippen molar-refractivity contribution in [1.82, 2.24) is 10.3 Å². The molecule has 1 aliphatic rings. The fraction of sp³-hybridized carbons (Fsp3) is 0.238. The molecule has 2 heterocycles. The number of nitrogens with zero attached hydrogens (tertiary/aromatic N) is 3. The minimum atomic E-state index is 0.570. The maximum Gasteiger partial charge on any atom is 0.226 e. The van der Waals surface area contributed by atoms with Crippen LogP contribution in [0.5, 0.6) is 0 Å². The van der Waals surface area contributed by atoms with E-state index in [0.29, 0.717) is 12.4 Å². The molecular formula is C21H22N4O. The highest BCUT2D eigenvalue weighted by Crippen LogP contribution is 2.27. The van der Waals surface area contributed by atoms with E-state index in [0.717, 1.165) is 30.2 Å². The summed E-state index contributed by atoms with van der Waals surface area (Å²) in [7, 11) is 1.81. The van der Waals surface area contributed by atoms with Crippen LogP contribution in [0.15, 0.2) is 64.2 Å². The molecule has 4 rings (SSSR count). The minimum absolute atomic E-state index is 0.570. The van der Waals surface area contributed by atoms with Gasteiger partial charge in [0.1, 0.15) is 6.26 Å². The van der Waals surface area contributed by atoms with Crippen molar-refractivity contribution in [1.29, 1.82) is 0 Å². The van der Waals surface area contributed by atoms with Gasteiger partial charge in [-0.25, -0.2) is 4.98 Å². The van der Waals surface area contributed by atoms with Crippen molar-refractivity contribution < 1.29 is 4.42 Å². The van der Waals surface area contributed by atoms with Crippen molar-refractivity contribution in [2.45, 2.75) is 19.9 Å². The van der Waals surface area contributed by atoms with Crippen molar-refractivity contribution in [2.24, 2.45) is 4.99 Å². The van der Waals surface area contributed by atoms with Crippen LogP contribution in [0.2, 0.25) is 0 Å². The highest BCUT2D eigenvalue weighted by Gasteiger charge is 2.22. The summed E-state index contributed by atoms with van der Waals surface area (Å²) in [4.78, 5) is 11.2. The number of benzene rings is 2. The van der Waals surface area contributed by atoms with E-state index in [2.05, 4.69) is 63.5 Å². The van der Waals surface area contributed by atoms with Gasteiger partial charge in [-0.05, 0) is 37.1 Å². The highest BCUT2D eigenvalue weighted by atomic mass is 16.3. The lowest BCUT2D eigenvalue weighted by Crippen LogP contribution is -2.40. The molecule has 0 saturated carbocycles. The molecule has 0 fully saturated rings. The number of aromatic nitrogens is 1. The fourth-order valence-corrected chi connectivity index (χ4v) is 3.24. The molecule has 0 spiro atoms. The number of oxazole rings is 1. The summed E-state index contributed by atoms with van der Waals surface area (Å²) >= 11 is 0. The quantitative estimate of drug-likeness (QED) is 0.579. The number of anilines is 1. The molecule has 1 aromatic heterocycles. The zero-order valence-electron chi connectivity index (χ0n) is 15.1. The van der Waals surface area contributed by atoms with Crippen LogP contribution < -0.4 is 10.2 Å². The van der Waals surface area contributed by atoms with Gasteiger partial charge in [0.15, 0.2) is 5.96 Å². The van der Waals surface area contributed by atoms with Crippen LogP contribution in [-0.4, -0.2) is 24.5 Å². The second-order valence-corrected chi connectivity index (χ2v) is 6.44. The molecule has 0 radical (unpaired) electrons. The maximum absolute atomic E-state index is 5.63. The van der Waals surface area contributed by atoms with Gasteiger partial charge in [-0.15, -0.1) is 0 Å². The number of fused-ring (bicyclic) bond motifs is 1. The van der Waals surface area contributed by atoms with Crippen molar-refractivity contribution in [3.05, 3.63) is 71.6 Å². The third-order valence-electron chi connectivity index (χ3n) is 4.63. The Balaban J connectivity index is 1.45. The molecule has 1 aliphatic heterocycles. The Hall–Kier alpha value is -3.08. The molecular weight excluding hydrogens is 324 g/mol. The predicted octanol–water partition coefficient (Wildman–Crippen LogP) is 3.79. The van der Waals surface area contributed by atoms with Gasteiger partial charge in [0, 0.05) is 24.8 Å². The lowest BCUT2D eigenvalue weighted by Gasteiger charge is -2.21. The van der Waals surface area contributed by atoms with Gasteiger partial charge < -0.3 is 14.6 Å². The van der Waals surface area contributed by atoms with E-state index in [-0.39, 0.29) is 0 Å². The van der Waals surface area contributed by atoms with E-state index in [1.165, 1.54) is 16.8 Å². The van der Waals surface area contributed by atoms with Crippen LogP contribution in [0.1, 0.15) is 16.8 Å². The van der Waals surface area contributed by atoms with E-state index < -0.39 is 0 Å². The third kappa shape index (κ3) is 3.20. The van der Waals surface area contributed by atoms with E-state index in [9.17, 15) is 0 Å². The van der Waals surface area contributed by atoms with Crippen LogP contribution in [0, 0.1) is 6.92 Å². The van der Waals surface area contributed by atoms with E-state index >= 15 is 0 Å². The molecule has 0 aliphatic carbocycles. The molecule has 26 heavy (non-hydrogen) atoms. The number of hydrogen-bond acceptors (Lipinski definition) is 3. The molecule has 5 heteroatoms. The first-order valence-electron chi connectivity index (χ1n) is 8.82. The summed E-state index contributed by atoms with van der Waals surface area (Å²) in [5.74, 6) is 1.50. The molecule has 3 aromatic rings. The molecule has 132 valence electrons. The van der Waals surface area contributed by atoms with Gasteiger partial charge >= 0.3 is 0 Å². The topological polar surface area (TPSA) is 53.7 Å². The normalized spacial score (nSPS) is 13.8. The number of hydrogen-bond donors (Lipinski definition) is 1. The molecule has 0 amide bonds. The van der Waals surface area contributed by atoms with E-state index in [4.69, 9.17) is 4.42 Å². The first-order chi connectivity index (χ1) is 12.7. The van der Waals surface area contributed by atoms with Gasteiger partial charge in [0.25, 0.3) is 0 Å². The molecule has 2 aromatic carbocycles. The average molecular weight is 346 g/mol. The molecule has 5 nitrogen and oxygen atoms in total. The Kier molecular flexibility index (Phi) is 4.44. The van der Waals surface area contributed by atoms with Crippen LogP contribution in [-0.2, 0) is 13.0 Å². The standard InChI is InChI=1S/C21H22N4O/c1-15-7-9-17(10-8-15)20-24-18(14-26-20)13-23-21(22-2)25-12-11-16-5-3-4-6-19(16)25/h3-10,14H,11-13H2,1-2H3,(H,22,23). The Morgan fingerprint density at radius 1 is 1.19 bits per heavy atom. The SMILES string of the molecule is CN=C(NCc1coc(-c2ccc(C)cc2)n1)N1CCc2ccccc21. The van der Waals surface area contributed by atoms with Gasteiger partial charge in [0.2, 0.25) is 5.89 Å². The maximum atomic E-state index is 5.63. The number of guanidine groups is 1. The zero-order chi connectivity index (χ0) is 17.9. The lowest BCUT2D eigenvalue weighted by atomic mass is 10.1. The first-order valence-corrected chi connectivity index (χ1v) is 8.82. The summed E-state index contributed by atoms with van der Waals surface area (Å²) in [6.07, 6.45) is 2.74. The van der Waals surface area contributed by atoms with Crippen molar-refractivity contribution in [3.63, 3.8) is 0 Å². The van der Waals surface area contributed by atoms with Gasteiger partial charge in [0.05, 0.1) is 12.2 Å². The van der Waals surface area contributed by atoms with Crippen LogP contribution in [0.25, 0.3) is 11.5 Å². The van der Waals surface area contributed by atoms with Crippen molar-refractivity contribution in [3.8, 4) is 11.5 Å². The number of aliphatic imine (C=N–C) groups is 1. The Bertz CT molecular complexity index is 927. The predicted molar refractivity (Wildman–Crippen MR) is 104 cm³/mol. The second-order valence-electron chi connectivity index (χ2n) is 6.44. The molecule has 0 saturated heterocycles.